The summed E-state index contributed by atoms with van der Waals surface area (Å²) in [5, 5.41) is 0. The van der Waals surface area contributed by atoms with Gasteiger partial charge >= 0.3 is 0 Å². The van der Waals surface area contributed by atoms with Gasteiger partial charge in [-0.3, -0.25) is 0 Å². The lowest BCUT2D eigenvalue weighted by Gasteiger charge is -2.29. The lowest BCUT2D eigenvalue weighted by molar-refractivity contribution is 0.622. The van der Waals surface area contributed by atoms with Crippen LogP contribution in [-0.2, 0) is 0 Å². The summed E-state index contributed by atoms with van der Waals surface area (Å²) in [6, 6.07) is 14.1. The summed E-state index contributed by atoms with van der Waals surface area (Å²) >= 11 is 0. The fourth-order valence-electron chi connectivity index (χ4n) is 4.84. The topological polar surface area (TPSA) is 0 Å². The van der Waals surface area contributed by atoms with Crippen LogP contribution >= 0.6 is 0 Å². The minimum absolute atomic E-state index is 0.375. The van der Waals surface area contributed by atoms with Gasteiger partial charge in [0, 0.05) is 11.8 Å². The smallest absolute Gasteiger partial charge is 0.0193 e. The van der Waals surface area contributed by atoms with Gasteiger partial charge in [0.15, 0.2) is 0 Å². The third-order valence-electron chi connectivity index (χ3n) is 6.22. The SMILES string of the molecule is CC1=C(C)C(C(c2cc(C)cc(C)c2)c2cc(C)cc(C)c2)C(C)=C1C. The molecule has 0 nitrogen and oxygen atoms in total. The Morgan fingerprint density at radius 3 is 1.12 bits per heavy atom. The van der Waals surface area contributed by atoms with E-state index >= 15 is 0 Å². The lowest BCUT2D eigenvalue weighted by Crippen LogP contribution is -2.16. The van der Waals surface area contributed by atoms with Crippen LogP contribution in [0.5, 0.6) is 0 Å². The second-order valence-corrected chi connectivity index (χ2v) is 8.41. The molecule has 1 aliphatic carbocycles. The van der Waals surface area contributed by atoms with Crippen LogP contribution in [0, 0.1) is 33.6 Å². The second kappa shape index (κ2) is 6.91. The maximum atomic E-state index is 2.39. The van der Waals surface area contributed by atoms with Gasteiger partial charge in [-0.15, -0.1) is 0 Å². The van der Waals surface area contributed by atoms with Crippen LogP contribution in [0.2, 0.25) is 0 Å². The van der Waals surface area contributed by atoms with Crippen molar-refractivity contribution < 1.29 is 0 Å². The molecule has 3 rings (SSSR count). The molecule has 0 bridgehead atoms. The Kier molecular flexibility index (Phi) is 4.97. The molecule has 0 amide bonds. The molecular formula is C26H32. The van der Waals surface area contributed by atoms with E-state index < -0.39 is 0 Å². The predicted octanol–water partition coefficient (Wildman–Crippen LogP) is 7.35. The first-order chi connectivity index (χ1) is 12.2. The fraction of sp³-hybridized carbons (Fsp3) is 0.385. The van der Waals surface area contributed by atoms with E-state index in [4.69, 9.17) is 0 Å². The maximum Gasteiger partial charge on any atom is 0.0193 e. The number of allylic oxidation sites excluding steroid dienone is 4. The Bertz CT molecular complexity index is 805. The molecule has 0 aliphatic heterocycles. The predicted molar refractivity (Wildman–Crippen MR) is 114 cm³/mol. The molecule has 0 fully saturated rings. The Morgan fingerprint density at radius 2 is 0.808 bits per heavy atom. The van der Waals surface area contributed by atoms with Crippen molar-refractivity contribution in [2.24, 2.45) is 5.92 Å². The molecule has 0 saturated carbocycles. The van der Waals surface area contributed by atoms with Crippen molar-refractivity contribution in [3.63, 3.8) is 0 Å². The zero-order valence-electron chi connectivity index (χ0n) is 17.6. The third kappa shape index (κ3) is 3.30. The van der Waals surface area contributed by atoms with E-state index in [9.17, 15) is 0 Å². The van der Waals surface area contributed by atoms with E-state index in [1.54, 1.807) is 0 Å². The number of benzene rings is 2. The van der Waals surface area contributed by atoms with Crippen LogP contribution < -0.4 is 0 Å². The molecule has 26 heavy (non-hydrogen) atoms. The average Bonchev–Trinajstić information content (AvgIpc) is 2.71. The van der Waals surface area contributed by atoms with E-state index in [-0.39, 0.29) is 0 Å². The standard InChI is InChI=1S/C26H32/c1-15-9-16(2)12-23(11-15)26(24-13-17(3)10-18(4)14-24)25-21(7)19(5)20(6)22(25)8/h9-14,25-26H,1-8H3. The molecule has 0 aromatic heterocycles. The van der Waals surface area contributed by atoms with Gasteiger partial charge in [0.2, 0.25) is 0 Å². The molecule has 0 heteroatoms. The van der Waals surface area contributed by atoms with Gasteiger partial charge < -0.3 is 0 Å². The molecule has 0 saturated heterocycles. The van der Waals surface area contributed by atoms with E-state index in [0.717, 1.165) is 0 Å². The molecule has 0 N–H and O–H groups in total. The quantitative estimate of drug-likeness (QED) is 0.546. The number of hydrogen-bond acceptors (Lipinski definition) is 0. The second-order valence-electron chi connectivity index (χ2n) is 8.41. The summed E-state index contributed by atoms with van der Waals surface area (Å²) in [4.78, 5) is 0. The highest BCUT2D eigenvalue weighted by molar-refractivity contribution is 5.52. The van der Waals surface area contributed by atoms with Gasteiger partial charge in [-0.05, 0) is 77.7 Å². The van der Waals surface area contributed by atoms with E-state index in [2.05, 4.69) is 91.8 Å². The minimum atomic E-state index is 0.375. The van der Waals surface area contributed by atoms with Gasteiger partial charge in [0.05, 0.1) is 0 Å². The van der Waals surface area contributed by atoms with Gasteiger partial charge in [0.25, 0.3) is 0 Å². The monoisotopic (exact) mass is 344 g/mol. The summed E-state index contributed by atoms with van der Waals surface area (Å²) < 4.78 is 0. The first kappa shape index (κ1) is 18.7. The molecule has 2 aromatic carbocycles. The van der Waals surface area contributed by atoms with Crippen molar-refractivity contribution in [3.05, 3.63) is 92.1 Å². The van der Waals surface area contributed by atoms with Crippen LogP contribution in [0.15, 0.2) is 58.7 Å². The molecule has 136 valence electrons. The molecule has 0 unspecified atom stereocenters. The van der Waals surface area contributed by atoms with Crippen LogP contribution in [0.1, 0.15) is 67.0 Å². The molecular weight excluding hydrogens is 312 g/mol. The van der Waals surface area contributed by atoms with Crippen molar-refractivity contribution in [1.82, 2.24) is 0 Å². The van der Waals surface area contributed by atoms with Gasteiger partial charge in [0.1, 0.15) is 0 Å². The Balaban J connectivity index is 2.27. The van der Waals surface area contributed by atoms with Crippen LogP contribution in [-0.4, -0.2) is 0 Å². The molecule has 0 spiro atoms. The van der Waals surface area contributed by atoms with Gasteiger partial charge in [-0.2, -0.15) is 0 Å². The van der Waals surface area contributed by atoms with Crippen molar-refractivity contribution >= 4 is 0 Å². The first-order valence-corrected chi connectivity index (χ1v) is 9.70. The average molecular weight is 345 g/mol. The van der Waals surface area contributed by atoms with E-state index in [1.807, 2.05) is 0 Å². The van der Waals surface area contributed by atoms with Gasteiger partial charge in [-0.1, -0.05) is 69.8 Å². The largest absolute Gasteiger partial charge is 0.0620 e. The lowest BCUT2D eigenvalue weighted by atomic mass is 9.74. The van der Waals surface area contributed by atoms with Crippen molar-refractivity contribution in [1.29, 1.82) is 0 Å². The number of aryl methyl sites for hydroxylation is 4. The Labute approximate surface area is 159 Å². The summed E-state index contributed by atoms with van der Waals surface area (Å²) in [6.45, 7) is 18.1. The molecule has 0 radical (unpaired) electrons. The van der Waals surface area contributed by atoms with E-state index in [0.29, 0.717) is 11.8 Å². The Hall–Kier alpha value is -2.08. The molecule has 1 aliphatic rings. The Morgan fingerprint density at radius 1 is 0.500 bits per heavy atom. The highest BCUT2D eigenvalue weighted by Gasteiger charge is 2.33. The highest BCUT2D eigenvalue weighted by atomic mass is 14.4. The van der Waals surface area contributed by atoms with Crippen molar-refractivity contribution in [2.45, 2.75) is 61.3 Å². The third-order valence-corrected chi connectivity index (χ3v) is 6.22. The maximum absolute atomic E-state index is 2.39. The number of hydrogen-bond donors (Lipinski definition) is 0. The molecule has 0 heterocycles. The minimum Gasteiger partial charge on any atom is -0.0620 e. The van der Waals surface area contributed by atoms with Crippen molar-refractivity contribution in [2.75, 3.05) is 0 Å². The number of rotatable bonds is 3. The highest BCUT2D eigenvalue weighted by Crippen LogP contribution is 2.47. The summed E-state index contributed by atoms with van der Waals surface area (Å²) in [5.74, 6) is 0.831. The van der Waals surface area contributed by atoms with Gasteiger partial charge in [-0.25, -0.2) is 0 Å². The summed E-state index contributed by atoms with van der Waals surface area (Å²) in [7, 11) is 0. The first-order valence-electron chi connectivity index (χ1n) is 9.70. The van der Waals surface area contributed by atoms with Crippen molar-refractivity contribution in [3.8, 4) is 0 Å². The summed E-state index contributed by atoms with van der Waals surface area (Å²) in [5.41, 5.74) is 14.3. The fourth-order valence-corrected chi connectivity index (χ4v) is 4.84. The summed E-state index contributed by atoms with van der Waals surface area (Å²) in [6.07, 6.45) is 0. The zero-order chi connectivity index (χ0) is 19.2. The zero-order valence-corrected chi connectivity index (χ0v) is 17.6. The van der Waals surface area contributed by atoms with Crippen LogP contribution in [0.3, 0.4) is 0 Å². The van der Waals surface area contributed by atoms with Crippen LogP contribution in [0.25, 0.3) is 0 Å². The molecule has 0 atom stereocenters. The normalized spacial score (nSPS) is 15.6. The molecule has 2 aromatic rings. The van der Waals surface area contributed by atoms with E-state index in [1.165, 1.54) is 55.7 Å². The van der Waals surface area contributed by atoms with Crippen LogP contribution in [0.4, 0.5) is 0 Å².